The molecule has 0 atom stereocenters. The van der Waals surface area contributed by atoms with E-state index in [1.54, 1.807) is 24.4 Å². The summed E-state index contributed by atoms with van der Waals surface area (Å²) in [5, 5.41) is 0.747. The fraction of sp³-hybridized carbons (Fsp3) is 0.118. The third kappa shape index (κ3) is 3.06. The Labute approximate surface area is 121 Å². The lowest BCUT2D eigenvalue weighted by Crippen LogP contribution is -1.97. The van der Waals surface area contributed by atoms with Crippen LogP contribution in [0.25, 0.3) is 10.9 Å². The minimum absolute atomic E-state index is 0.269. The smallest absolute Gasteiger partial charge is 0.149 e. The van der Waals surface area contributed by atoms with Gasteiger partial charge in [0, 0.05) is 11.6 Å². The number of hydrogen-bond donors (Lipinski definition) is 0. The van der Waals surface area contributed by atoms with Gasteiger partial charge in [0.15, 0.2) is 0 Å². The molecule has 3 aromatic rings. The zero-order valence-electron chi connectivity index (χ0n) is 11.2. The van der Waals surface area contributed by atoms with E-state index in [1.807, 2.05) is 12.1 Å². The number of pyridine rings is 1. The predicted octanol–water partition coefficient (Wildman–Crippen LogP) is 4.23. The Morgan fingerprint density at radius 3 is 2.52 bits per heavy atom. The van der Waals surface area contributed by atoms with E-state index in [0.29, 0.717) is 18.7 Å². The van der Waals surface area contributed by atoms with Crippen molar-refractivity contribution in [3.8, 4) is 0 Å². The Morgan fingerprint density at radius 1 is 0.905 bits per heavy atom. The zero-order chi connectivity index (χ0) is 14.7. The second kappa shape index (κ2) is 5.97. The van der Waals surface area contributed by atoms with Crippen LogP contribution < -0.4 is 0 Å². The highest BCUT2D eigenvalue weighted by molar-refractivity contribution is 5.82. The number of fused-ring (bicyclic) bond motifs is 1. The SMILES string of the molecule is Fc1ccc(COCc2ccnc3c(F)cccc23)cc1. The highest BCUT2D eigenvalue weighted by Crippen LogP contribution is 2.20. The van der Waals surface area contributed by atoms with Crippen LogP contribution in [0, 0.1) is 11.6 Å². The molecule has 0 aliphatic rings. The van der Waals surface area contributed by atoms with Crippen LogP contribution in [-0.2, 0) is 18.0 Å². The first kappa shape index (κ1) is 13.6. The van der Waals surface area contributed by atoms with Gasteiger partial charge in [0.05, 0.1) is 13.2 Å². The van der Waals surface area contributed by atoms with Crippen LogP contribution >= 0.6 is 0 Å². The van der Waals surface area contributed by atoms with Gasteiger partial charge in [-0.2, -0.15) is 0 Å². The number of benzene rings is 2. The van der Waals surface area contributed by atoms with Crippen molar-refractivity contribution in [3.63, 3.8) is 0 Å². The fourth-order valence-electron chi connectivity index (χ4n) is 2.18. The normalized spacial score (nSPS) is 11.0. The largest absolute Gasteiger partial charge is 0.372 e. The van der Waals surface area contributed by atoms with E-state index in [2.05, 4.69) is 4.98 Å². The van der Waals surface area contributed by atoms with E-state index in [-0.39, 0.29) is 11.6 Å². The van der Waals surface area contributed by atoms with Crippen LogP contribution in [0.5, 0.6) is 0 Å². The summed E-state index contributed by atoms with van der Waals surface area (Å²) in [4.78, 5) is 4.05. The Bertz CT molecular complexity index is 756. The number of nitrogens with zero attached hydrogens (tertiary/aromatic N) is 1. The molecule has 21 heavy (non-hydrogen) atoms. The number of ether oxygens (including phenoxy) is 1. The fourth-order valence-corrected chi connectivity index (χ4v) is 2.18. The molecular formula is C17H13F2NO. The molecule has 1 heterocycles. The molecule has 0 saturated carbocycles. The molecule has 0 aliphatic heterocycles. The van der Waals surface area contributed by atoms with Gasteiger partial charge in [-0.1, -0.05) is 24.3 Å². The van der Waals surface area contributed by atoms with Gasteiger partial charge in [0.25, 0.3) is 0 Å². The summed E-state index contributed by atoms with van der Waals surface area (Å²) in [5.41, 5.74) is 2.11. The van der Waals surface area contributed by atoms with Crippen LogP contribution in [0.15, 0.2) is 54.7 Å². The van der Waals surface area contributed by atoms with Gasteiger partial charge < -0.3 is 4.74 Å². The van der Waals surface area contributed by atoms with E-state index >= 15 is 0 Å². The van der Waals surface area contributed by atoms with Crippen molar-refractivity contribution in [1.82, 2.24) is 4.98 Å². The van der Waals surface area contributed by atoms with Gasteiger partial charge in [-0.3, -0.25) is 4.98 Å². The number of halogens is 2. The quantitative estimate of drug-likeness (QED) is 0.715. The predicted molar refractivity (Wildman–Crippen MR) is 76.6 cm³/mol. The standard InChI is InChI=1S/C17H13F2NO/c18-14-6-4-12(5-7-14)10-21-11-13-8-9-20-17-15(13)2-1-3-16(17)19/h1-9H,10-11H2. The Balaban J connectivity index is 1.73. The van der Waals surface area contributed by atoms with Crippen LogP contribution in [0.1, 0.15) is 11.1 Å². The minimum Gasteiger partial charge on any atom is -0.372 e. The van der Waals surface area contributed by atoms with Crippen LogP contribution in [0.3, 0.4) is 0 Å². The van der Waals surface area contributed by atoms with Crippen molar-refractivity contribution in [3.05, 3.63) is 77.5 Å². The van der Waals surface area contributed by atoms with Gasteiger partial charge in [0.1, 0.15) is 17.2 Å². The van der Waals surface area contributed by atoms with E-state index in [1.165, 1.54) is 18.2 Å². The number of aromatic nitrogens is 1. The van der Waals surface area contributed by atoms with Gasteiger partial charge in [0.2, 0.25) is 0 Å². The number of para-hydroxylation sites is 1. The molecule has 0 saturated heterocycles. The van der Waals surface area contributed by atoms with Gasteiger partial charge in [-0.25, -0.2) is 8.78 Å². The van der Waals surface area contributed by atoms with Crippen molar-refractivity contribution in [1.29, 1.82) is 0 Å². The van der Waals surface area contributed by atoms with E-state index in [4.69, 9.17) is 4.74 Å². The molecule has 3 rings (SSSR count). The van der Waals surface area contributed by atoms with Crippen LogP contribution in [0.4, 0.5) is 8.78 Å². The summed E-state index contributed by atoms with van der Waals surface area (Å²) >= 11 is 0. The highest BCUT2D eigenvalue weighted by Gasteiger charge is 2.06. The van der Waals surface area contributed by atoms with Gasteiger partial charge in [-0.05, 0) is 35.4 Å². The maximum atomic E-state index is 13.7. The van der Waals surface area contributed by atoms with E-state index in [0.717, 1.165) is 16.5 Å². The molecule has 0 unspecified atom stereocenters. The number of rotatable bonds is 4. The summed E-state index contributed by atoms with van der Waals surface area (Å²) in [7, 11) is 0. The van der Waals surface area contributed by atoms with Crippen LogP contribution in [-0.4, -0.2) is 4.98 Å². The summed E-state index contributed by atoms with van der Waals surface area (Å²) in [6.07, 6.45) is 1.57. The first-order chi connectivity index (χ1) is 10.2. The second-order valence-electron chi connectivity index (χ2n) is 4.73. The third-order valence-electron chi connectivity index (χ3n) is 3.25. The lowest BCUT2D eigenvalue weighted by Gasteiger charge is -2.08. The average Bonchev–Trinajstić information content (AvgIpc) is 2.50. The van der Waals surface area contributed by atoms with Gasteiger partial charge >= 0.3 is 0 Å². The van der Waals surface area contributed by atoms with Crippen molar-refractivity contribution in [2.45, 2.75) is 13.2 Å². The monoisotopic (exact) mass is 285 g/mol. The molecule has 0 aliphatic carbocycles. The lowest BCUT2D eigenvalue weighted by molar-refractivity contribution is 0.108. The van der Waals surface area contributed by atoms with E-state index < -0.39 is 0 Å². The summed E-state index contributed by atoms with van der Waals surface area (Å²) in [6.45, 7) is 0.721. The maximum Gasteiger partial charge on any atom is 0.149 e. The first-order valence-corrected chi connectivity index (χ1v) is 6.58. The second-order valence-corrected chi connectivity index (χ2v) is 4.73. The molecule has 0 fully saturated rings. The summed E-state index contributed by atoms with van der Waals surface area (Å²) in [6, 6.07) is 12.8. The third-order valence-corrected chi connectivity index (χ3v) is 3.25. The zero-order valence-corrected chi connectivity index (χ0v) is 11.2. The molecule has 106 valence electrons. The van der Waals surface area contributed by atoms with Crippen molar-refractivity contribution >= 4 is 10.9 Å². The molecule has 0 amide bonds. The van der Waals surface area contributed by atoms with Crippen molar-refractivity contribution in [2.24, 2.45) is 0 Å². The van der Waals surface area contributed by atoms with E-state index in [9.17, 15) is 8.78 Å². The van der Waals surface area contributed by atoms with Crippen LogP contribution in [0.2, 0.25) is 0 Å². The maximum absolute atomic E-state index is 13.7. The molecule has 0 N–H and O–H groups in total. The Kier molecular flexibility index (Phi) is 3.88. The molecule has 2 nitrogen and oxygen atoms in total. The molecule has 4 heteroatoms. The number of hydrogen-bond acceptors (Lipinski definition) is 2. The molecule has 2 aromatic carbocycles. The molecule has 0 spiro atoms. The molecule has 1 aromatic heterocycles. The first-order valence-electron chi connectivity index (χ1n) is 6.58. The van der Waals surface area contributed by atoms with Gasteiger partial charge in [-0.15, -0.1) is 0 Å². The topological polar surface area (TPSA) is 22.1 Å². The van der Waals surface area contributed by atoms with Crippen molar-refractivity contribution in [2.75, 3.05) is 0 Å². The minimum atomic E-state index is -0.340. The Hall–Kier alpha value is -2.33. The molecule has 0 bridgehead atoms. The summed E-state index contributed by atoms with van der Waals surface area (Å²) < 4.78 is 32.1. The molecule has 0 radical (unpaired) electrons. The lowest BCUT2D eigenvalue weighted by atomic mass is 10.1. The van der Waals surface area contributed by atoms with Crippen molar-refractivity contribution < 1.29 is 13.5 Å². The highest BCUT2D eigenvalue weighted by atomic mass is 19.1. The average molecular weight is 285 g/mol. The molecular weight excluding hydrogens is 272 g/mol. The Morgan fingerprint density at radius 2 is 1.71 bits per heavy atom. The summed E-state index contributed by atoms with van der Waals surface area (Å²) in [5.74, 6) is -0.609.